The first-order chi connectivity index (χ1) is 17.4. The lowest BCUT2D eigenvalue weighted by Gasteiger charge is -2.24. The highest BCUT2D eigenvalue weighted by Crippen LogP contribution is 2.27. The molecule has 0 spiro atoms. The highest BCUT2D eigenvalue weighted by molar-refractivity contribution is 14.1. The number of rotatable bonds is 9. The van der Waals surface area contributed by atoms with Crippen molar-refractivity contribution < 1.29 is 28.6 Å². The van der Waals surface area contributed by atoms with E-state index in [0.29, 0.717) is 20.6 Å². The number of imide groups is 1. The molecule has 4 amide bonds. The number of anilines is 1. The number of aromatic nitrogens is 1. The summed E-state index contributed by atoms with van der Waals surface area (Å²) < 4.78 is 20.4. The molecule has 2 heterocycles. The number of urea groups is 1. The van der Waals surface area contributed by atoms with Gasteiger partial charge in [-0.25, -0.2) is 14.1 Å². The number of nitrogens with one attached hydrogen (secondary N) is 2. The fraction of sp³-hybridized carbons (Fsp3) is 0.200. The second-order valence-corrected chi connectivity index (χ2v) is 9.13. The third kappa shape index (κ3) is 5.79. The van der Waals surface area contributed by atoms with Crippen LogP contribution in [0.2, 0.25) is 0 Å². The summed E-state index contributed by atoms with van der Waals surface area (Å²) in [4.78, 5) is 44.7. The topological polar surface area (TPSA) is 121 Å². The van der Waals surface area contributed by atoms with E-state index in [1.807, 2.05) is 22.6 Å². The van der Waals surface area contributed by atoms with Crippen molar-refractivity contribution in [2.24, 2.45) is 0 Å². The summed E-state index contributed by atoms with van der Waals surface area (Å²) in [5.41, 5.74) is 0.913. The van der Waals surface area contributed by atoms with Gasteiger partial charge in [-0.2, -0.15) is 0 Å². The van der Waals surface area contributed by atoms with Gasteiger partial charge >= 0.3 is 6.03 Å². The molecule has 1 fully saturated rings. The second kappa shape index (κ2) is 11.4. The lowest BCUT2D eigenvalue weighted by molar-refractivity contribution is -0.134. The standard InChI is InChI=1S/C25H22FIN4O5/c26-19-13-16(27)6-9-20(19)29-23(33)21(14-17-3-1-2-10-28-17)31-24(34)22(30-25(31)35)15-4-7-18(8-5-15)36-12-11-32/h1-10,13,21-22,32H,11-12,14H2,(H,29,33)(H,30,35)/t21-,22+/m0/s1. The number of aliphatic hydroxyl groups excluding tert-OH is 1. The molecule has 4 rings (SSSR count). The first kappa shape index (κ1) is 25.5. The second-order valence-electron chi connectivity index (χ2n) is 7.89. The van der Waals surface area contributed by atoms with E-state index in [9.17, 15) is 18.8 Å². The van der Waals surface area contributed by atoms with Crippen molar-refractivity contribution in [2.75, 3.05) is 18.5 Å². The molecule has 1 aromatic heterocycles. The van der Waals surface area contributed by atoms with Gasteiger partial charge in [0.05, 0.1) is 12.3 Å². The van der Waals surface area contributed by atoms with Gasteiger partial charge in [0.2, 0.25) is 5.91 Å². The van der Waals surface area contributed by atoms with Gasteiger partial charge in [0.15, 0.2) is 0 Å². The van der Waals surface area contributed by atoms with Crippen LogP contribution in [0.5, 0.6) is 5.75 Å². The van der Waals surface area contributed by atoms with Crippen LogP contribution in [0, 0.1) is 9.39 Å². The maximum Gasteiger partial charge on any atom is 0.325 e. The summed E-state index contributed by atoms with van der Waals surface area (Å²) in [6.45, 7) is -0.0165. The number of carbonyl (C=O) groups is 3. The van der Waals surface area contributed by atoms with Crippen molar-refractivity contribution in [2.45, 2.75) is 18.5 Å². The molecule has 0 saturated carbocycles. The van der Waals surface area contributed by atoms with Gasteiger partial charge in [-0.1, -0.05) is 18.2 Å². The summed E-state index contributed by atoms with van der Waals surface area (Å²) in [7, 11) is 0. The lowest BCUT2D eigenvalue weighted by atomic mass is 10.0. The molecule has 2 aromatic carbocycles. The SMILES string of the molecule is O=C(Nc1ccc(I)cc1F)[C@H](Cc1ccccn1)N1C(=O)N[C@H](c2ccc(OCCO)cc2)C1=O. The Balaban J connectivity index is 1.60. The quantitative estimate of drug-likeness (QED) is 0.255. The molecule has 2 atom stereocenters. The molecular formula is C25H22FIN4O5. The molecule has 3 N–H and O–H groups in total. The molecule has 0 unspecified atom stereocenters. The fourth-order valence-electron chi connectivity index (χ4n) is 3.76. The van der Waals surface area contributed by atoms with E-state index >= 15 is 0 Å². The molecule has 1 saturated heterocycles. The van der Waals surface area contributed by atoms with Gasteiger partial charge in [0, 0.05) is 21.9 Å². The Hall–Kier alpha value is -3.58. The van der Waals surface area contributed by atoms with Gasteiger partial charge in [-0.15, -0.1) is 0 Å². The minimum absolute atomic E-state index is 0.0571. The normalized spacial score (nSPS) is 16.0. The molecule has 9 nitrogen and oxygen atoms in total. The molecule has 0 radical (unpaired) electrons. The molecule has 36 heavy (non-hydrogen) atoms. The zero-order valence-corrected chi connectivity index (χ0v) is 21.0. The monoisotopic (exact) mass is 604 g/mol. The molecular weight excluding hydrogens is 582 g/mol. The highest BCUT2D eigenvalue weighted by Gasteiger charge is 2.45. The van der Waals surface area contributed by atoms with E-state index in [2.05, 4.69) is 15.6 Å². The molecule has 3 aromatic rings. The number of pyridine rings is 1. The summed E-state index contributed by atoms with van der Waals surface area (Å²) in [5, 5.41) is 14.0. The summed E-state index contributed by atoms with van der Waals surface area (Å²) in [6, 6.07) is 12.9. The number of benzene rings is 2. The van der Waals surface area contributed by atoms with Crippen LogP contribution in [0.4, 0.5) is 14.9 Å². The average molecular weight is 604 g/mol. The predicted molar refractivity (Wildman–Crippen MR) is 137 cm³/mol. The molecule has 186 valence electrons. The first-order valence-electron chi connectivity index (χ1n) is 11.0. The van der Waals surface area contributed by atoms with Crippen molar-refractivity contribution in [1.29, 1.82) is 0 Å². The van der Waals surface area contributed by atoms with Gasteiger partial charge < -0.3 is 20.5 Å². The van der Waals surface area contributed by atoms with Crippen molar-refractivity contribution >= 4 is 46.1 Å². The van der Waals surface area contributed by atoms with Crippen molar-refractivity contribution in [3.63, 3.8) is 0 Å². The van der Waals surface area contributed by atoms with Crippen molar-refractivity contribution in [1.82, 2.24) is 15.2 Å². The lowest BCUT2D eigenvalue weighted by Crippen LogP contribution is -2.49. The van der Waals surface area contributed by atoms with Crippen LogP contribution in [0.15, 0.2) is 66.9 Å². The van der Waals surface area contributed by atoms with Crippen LogP contribution in [-0.2, 0) is 16.0 Å². The highest BCUT2D eigenvalue weighted by atomic mass is 127. The summed E-state index contributed by atoms with van der Waals surface area (Å²) in [5.74, 6) is -1.49. The van der Waals surface area contributed by atoms with Gasteiger partial charge in [0.25, 0.3) is 5.91 Å². The summed E-state index contributed by atoms with van der Waals surface area (Å²) in [6.07, 6.45) is 1.48. The van der Waals surface area contributed by atoms with Crippen molar-refractivity contribution in [3.05, 3.63) is 87.5 Å². The minimum Gasteiger partial charge on any atom is -0.491 e. The van der Waals surface area contributed by atoms with E-state index in [1.54, 1.807) is 48.5 Å². The molecule has 11 heteroatoms. The Bertz CT molecular complexity index is 1260. The van der Waals surface area contributed by atoms with Gasteiger partial charge in [0.1, 0.15) is 30.3 Å². The van der Waals surface area contributed by atoms with Crippen LogP contribution < -0.4 is 15.4 Å². The van der Waals surface area contributed by atoms with Gasteiger partial charge in [-0.05, 0) is 70.6 Å². The Kier molecular flexibility index (Phi) is 8.10. The first-order valence-corrected chi connectivity index (χ1v) is 12.1. The number of halogens is 2. The third-order valence-corrected chi connectivity index (χ3v) is 6.15. The number of nitrogens with zero attached hydrogens (tertiary/aromatic N) is 2. The van der Waals surface area contributed by atoms with Crippen LogP contribution >= 0.6 is 22.6 Å². The molecule has 1 aliphatic rings. The van der Waals surface area contributed by atoms with E-state index < -0.39 is 35.7 Å². The minimum atomic E-state index is -1.27. The number of hydrogen-bond acceptors (Lipinski definition) is 6. The number of hydrogen-bond donors (Lipinski definition) is 3. The Morgan fingerprint density at radius 2 is 1.97 bits per heavy atom. The maximum atomic E-state index is 14.4. The Morgan fingerprint density at radius 3 is 2.64 bits per heavy atom. The van der Waals surface area contributed by atoms with E-state index in [1.165, 1.54) is 18.3 Å². The van der Waals surface area contributed by atoms with Gasteiger partial charge in [-0.3, -0.25) is 14.6 Å². The zero-order chi connectivity index (χ0) is 25.7. The Morgan fingerprint density at radius 1 is 1.19 bits per heavy atom. The maximum absolute atomic E-state index is 14.4. The van der Waals surface area contributed by atoms with E-state index in [-0.39, 0.29) is 25.3 Å². The zero-order valence-electron chi connectivity index (χ0n) is 18.9. The fourth-order valence-corrected chi connectivity index (χ4v) is 4.21. The molecule has 1 aliphatic heterocycles. The molecule has 0 bridgehead atoms. The van der Waals surface area contributed by atoms with Crippen LogP contribution in [0.25, 0.3) is 0 Å². The van der Waals surface area contributed by atoms with Crippen LogP contribution in [0.1, 0.15) is 17.3 Å². The van der Waals surface area contributed by atoms with Crippen LogP contribution in [0.3, 0.4) is 0 Å². The number of carbonyl (C=O) groups excluding carboxylic acids is 3. The van der Waals surface area contributed by atoms with Crippen molar-refractivity contribution in [3.8, 4) is 5.75 Å². The van der Waals surface area contributed by atoms with E-state index in [0.717, 1.165) is 4.90 Å². The summed E-state index contributed by atoms with van der Waals surface area (Å²) >= 11 is 1.95. The van der Waals surface area contributed by atoms with Crippen LogP contribution in [-0.4, -0.2) is 52.1 Å². The predicted octanol–water partition coefficient (Wildman–Crippen LogP) is 3.04. The number of ether oxygens (including phenoxy) is 1. The number of amides is 4. The molecule has 0 aliphatic carbocycles. The smallest absolute Gasteiger partial charge is 0.325 e. The average Bonchev–Trinajstić information content (AvgIpc) is 3.17. The van der Waals surface area contributed by atoms with E-state index in [4.69, 9.17) is 9.84 Å². The Labute approximate surface area is 219 Å². The third-order valence-electron chi connectivity index (χ3n) is 5.48. The number of aliphatic hydroxyl groups is 1. The largest absolute Gasteiger partial charge is 0.491 e.